The minimum absolute atomic E-state index is 0.0267. The highest BCUT2D eigenvalue weighted by Gasteiger charge is 2.05. The third-order valence-corrected chi connectivity index (χ3v) is 1.69. The second-order valence-electron chi connectivity index (χ2n) is 3.22. The van der Waals surface area contributed by atoms with Crippen LogP contribution in [0.5, 0.6) is 0 Å². The van der Waals surface area contributed by atoms with Gasteiger partial charge in [0, 0.05) is 13.0 Å². The van der Waals surface area contributed by atoms with Crippen molar-refractivity contribution in [1.29, 1.82) is 0 Å². The van der Waals surface area contributed by atoms with E-state index in [1.54, 1.807) is 0 Å². The first-order chi connectivity index (χ1) is 8.06. The van der Waals surface area contributed by atoms with Crippen molar-refractivity contribution in [3.05, 3.63) is 12.7 Å². The van der Waals surface area contributed by atoms with Gasteiger partial charge in [-0.05, 0) is 13.0 Å². The fourth-order valence-corrected chi connectivity index (χ4v) is 0.946. The molecule has 0 atom stereocenters. The van der Waals surface area contributed by atoms with Gasteiger partial charge in [-0.15, -0.1) is 6.58 Å². The molecule has 0 saturated carbocycles. The maximum Gasteiger partial charge on any atom is 0.321 e. The minimum atomic E-state index is -0.875. The van der Waals surface area contributed by atoms with Gasteiger partial charge in [0.2, 0.25) is 5.91 Å². The van der Waals surface area contributed by atoms with E-state index in [1.165, 1.54) is 6.08 Å². The van der Waals surface area contributed by atoms with Crippen LogP contribution in [0, 0.1) is 0 Å². The molecule has 0 radical (unpaired) electrons. The summed E-state index contributed by atoms with van der Waals surface area (Å²) in [6.45, 7) is 4.08. The maximum absolute atomic E-state index is 11.1. The van der Waals surface area contributed by atoms with Crippen molar-refractivity contribution < 1.29 is 19.5 Å². The van der Waals surface area contributed by atoms with Gasteiger partial charge in [0.15, 0.2) is 0 Å². The first kappa shape index (κ1) is 15.1. The van der Waals surface area contributed by atoms with Gasteiger partial charge < -0.3 is 15.7 Å². The van der Waals surface area contributed by atoms with Crippen LogP contribution >= 0.6 is 0 Å². The molecule has 0 aliphatic rings. The number of carbonyl (C=O) groups is 3. The summed E-state index contributed by atoms with van der Waals surface area (Å²) in [4.78, 5) is 32.3. The molecule has 0 bridgehead atoms. The summed E-state index contributed by atoms with van der Waals surface area (Å²) in [6, 6.07) is -0.581. The second kappa shape index (κ2) is 9.34. The van der Waals surface area contributed by atoms with Gasteiger partial charge in [-0.25, -0.2) is 4.79 Å². The summed E-state index contributed by atoms with van der Waals surface area (Å²) in [6.07, 6.45) is 1.98. The first-order valence-corrected chi connectivity index (χ1v) is 5.17. The van der Waals surface area contributed by atoms with Crippen molar-refractivity contribution in [1.82, 2.24) is 16.0 Å². The largest absolute Gasteiger partial charge is 0.481 e. The molecule has 96 valence electrons. The molecule has 0 aliphatic heterocycles. The van der Waals surface area contributed by atoms with Crippen molar-refractivity contribution in [2.75, 3.05) is 19.6 Å². The highest BCUT2D eigenvalue weighted by atomic mass is 16.4. The van der Waals surface area contributed by atoms with Crippen LogP contribution in [0.3, 0.4) is 0 Å². The van der Waals surface area contributed by atoms with Gasteiger partial charge >= 0.3 is 12.0 Å². The maximum atomic E-state index is 11.1. The lowest BCUT2D eigenvalue weighted by Gasteiger charge is -2.05. The molecule has 0 saturated heterocycles. The Morgan fingerprint density at radius 1 is 1.29 bits per heavy atom. The highest BCUT2D eigenvalue weighted by molar-refractivity contribution is 5.95. The lowest BCUT2D eigenvalue weighted by Crippen LogP contribution is -2.43. The van der Waals surface area contributed by atoms with E-state index in [0.717, 1.165) is 0 Å². The van der Waals surface area contributed by atoms with E-state index < -0.39 is 17.9 Å². The zero-order valence-corrected chi connectivity index (χ0v) is 9.49. The zero-order chi connectivity index (χ0) is 13.1. The zero-order valence-electron chi connectivity index (χ0n) is 9.49. The van der Waals surface area contributed by atoms with Gasteiger partial charge in [-0.1, -0.05) is 6.08 Å². The van der Waals surface area contributed by atoms with Crippen LogP contribution in [0.25, 0.3) is 0 Å². The third kappa shape index (κ3) is 10.4. The number of hydrogen-bond donors (Lipinski definition) is 4. The van der Waals surface area contributed by atoms with Crippen LogP contribution in [0.4, 0.5) is 4.79 Å². The Hall–Kier alpha value is -1.89. The van der Waals surface area contributed by atoms with Gasteiger partial charge in [0.05, 0.1) is 6.54 Å². The van der Waals surface area contributed by atoms with Gasteiger partial charge in [-0.2, -0.15) is 0 Å². The normalized spacial score (nSPS) is 9.41. The number of urea groups is 1. The Morgan fingerprint density at radius 3 is 2.59 bits per heavy atom. The van der Waals surface area contributed by atoms with Crippen LogP contribution in [0.1, 0.15) is 12.8 Å². The summed E-state index contributed by atoms with van der Waals surface area (Å²) < 4.78 is 0. The molecule has 0 rings (SSSR count). The molecule has 0 aromatic rings. The summed E-state index contributed by atoms with van der Waals surface area (Å²) >= 11 is 0. The Morgan fingerprint density at radius 2 is 2.00 bits per heavy atom. The molecule has 3 amide bonds. The highest BCUT2D eigenvalue weighted by Crippen LogP contribution is 1.85. The number of hydrogen-bond acceptors (Lipinski definition) is 4. The molecule has 7 nitrogen and oxygen atoms in total. The molecule has 0 unspecified atom stereocenters. The average molecular weight is 243 g/mol. The number of carboxylic acids is 1. The molecule has 0 fully saturated rings. The lowest BCUT2D eigenvalue weighted by molar-refractivity contribution is -0.137. The quantitative estimate of drug-likeness (QED) is 0.338. The molecule has 0 aromatic heterocycles. The predicted molar refractivity (Wildman–Crippen MR) is 61.5 cm³/mol. The van der Waals surface area contributed by atoms with Gasteiger partial charge in [0.1, 0.15) is 0 Å². The van der Waals surface area contributed by atoms with E-state index >= 15 is 0 Å². The molecular weight excluding hydrogens is 226 g/mol. The summed E-state index contributed by atoms with van der Waals surface area (Å²) in [7, 11) is 0. The topological polar surface area (TPSA) is 108 Å². The van der Waals surface area contributed by atoms with Gasteiger partial charge in [0.25, 0.3) is 0 Å². The summed E-state index contributed by atoms with van der Waals surface area (Å²) in [5.74, 6) is -1.35. The van der Waals surface area contributed by atoms with Crippen LogP contribution in [-0.2, 0) is 9.59 Å². The van der Waals surface area contributed by atoms with Crippen LogP contribution in [-0.4, -0.2) is 42.6 Å². The Labute approximate surface area is 99.3 Å². The Bertz CT molecular complexity index is 291. The summed E-state index contributed by atoms with van der Waals surface area (Å²) in [5, 5.41) is 15.6. The average Bonchev–Trinajstić information content (AvgIpc) is 2.25. The fourth-order valence-electron chi connectivity index (χ4n) is 0.946. The number of carboxylic acid groups (broad SMARTS) is 1. The number of nitrogens with one attached hydrogen (secondary N) is 3. The standard InChI is InChI=1S/C10H17N3O4/c1-2-5-12-10(17)13-8(14)7-11-6-3-4-9(15)16/h2,11H,1,3-7H2,(H,15,16)(H2,12,13,14,17). The summed E-state index contributed by atoms with van der Waals surface area (Å²) in [5.41, 5.74) is 0. The molecule has 0 aliphatic carbocycles. The molecule has 0 aromatic carbocycles. The SMILES string of the molecule is C=CCNC(=O)NC(=O)CNCCCC(=O)O. The molecule has 17 heavy (non-hydrogen) atoms. The molecule has 0 heterocycles. The first-order valence-electron chi connectivity index (χ1n) is 5.17. The molecule has 7 heteroatoms. The van der Waals surface area contributed by atoms with E-state index in [4.69, 9.17) is 5.11 Å². The van der Waals surface area contributed by atoms with Crippen molar-refractivity contribution in [3.63, 3.8) is 0 Å². The van der Waals surface area contributed by atoms with Crippen LogP contribution < -0.4 is 16.0 Å². The number of imide groups is 1. The Balaban J connectivity index is 3.49. The van der Waals surface area contributed by atoms with E-state index in [1.807, 2.05) is 0 Å². The van der Waals surface area contributed by atoms with Crippen molar-refractivity contribution in [3.8, 4) is 0 Å². The third-order valence-electron chi connectivity index (χ3n) is 1.69. The number of aliphatic carboxylic acids is 1. The van der Waals surface area contributed by atoms with Gasteiger partial charge in [-0.3, -0.25) is 14.9 Å². The molecule has 0 spiro atoms. The number of rotatable bonds is 8. The van der Waals surface area contributed by atoms with Crippen molar-refractivity contribution in [2.24, 2.45) is 0 Å². The smallest absolute Gasteiger partial charge is 0.321 e. The fraction of sp³-hybridized carbons (Fsp3) is 0.500. The molecular formula is C10H17N3O4. The van der Waals surface area contributed by atoms with Crippen molar-refractivity contribution in [2.45, 2.75) is 12.8 Å². The number of amides is 3. The van der Waals surface area contributed by atoms with E-state index in [-0.39, 0.29) is 19.5 Å². The minimum Gasteiger partial charge on any atom is -0.481 e. The lowest BCUT2D eigenvalue weighted by atomic mass is 10.3. The number of carbonyl (C=O) groups excluding carboxylic acids is 2. The van der Waals surface area contributed by atoms with Crippen molar-refractivity contribution >= 4 is 17.9 Å². The predicted octanol–water partition coefficient (Wildman–Crippen LogP) is -0.547. The van der Waals surface area contributed by atoms with Crippen LogP contribution in [0.15, 0.2) is 12.7 Å². The second-order valence-corrected chi connectivity index (χ2v) is 3.22. The van der Waals surface area contributed by atoms with Crippen LogP contribution in [0.2, 0.25) is 0 Å². The Kier molecular flexibility index (Phi) is 8.31. The molecule has 4 N–H and O–H groups in total. The van der Waals surface area contributed by atoms with E-state index in [0.29, 0.717) is 13.0 Å². The van der Waals surface area contributed by atoms with E-state index in [9.17, 15) is 14.4 Å². The monoisotopic (exact) mass is 243 g/mol. The van der Waals surface area contributed by atoms with E-state index in [2.05, 4.69) is 22.5 Å².